The minimum absolute atomic E-state index is 0.122. The van der Waals surface area contributed by atoms with Crippen LogP contribution in [-0.2, 0) is 19.1 Å². The molecule has 0 saturated carbocycles. The van der Waals surface area contributed by atoms with Crippen LogP contribution in [0.2, 0.25) is 5.02 Å². The Morgan fingerprint density at radius 1 is 1.41 bits per heavy atom. The van der Waals surface area contributed by atoms with Crippen molar-refractivity contribution in [2.45, 2.75) is 48.9 Å². The molecule has 10 heteroatoms. The standard InChI is InChI=1S/C24H28BrClN2O6/c1-4-9-27(15-8-6-5-7-14(15)26)22(31)20-24-10-13(25)19(34-24)17(23(32)33)18(24)21(30)28(20)16(11-29)12(2)3/h4-8,12-13,16-20,29H,1,9-11H2,2-3H3,(H,32,33)/t13?,16-,17-,18-,19-,20?,24?/m0/s1. The molecule has 3 heterocycles. The van der Waals surface area contributed by atoms with Crippen molar-refractivity contribution < 1.29 is 29.3 Å². The first-order chi connectivity index (χ1) is 16.1. The molecule has 2 bridgehead atoms. The summed E-state index contributed by atoms with van der Waals surface area (Å²) in [6.45, 7) is 7.20. The molecule has 1 spiro atoms. The molecular formula is C24H28BrClN2O6. The number of carbonyl (C=O) groups excluding carboxylic acids is 2. The number of hydrogen-bond donors (Lipinski definition) is 2. The quantitative estimate of drug-likeness (QED) is 0.377. The number of ether oxygens (including phenoxy) is 1. The number of anilines is 1. The molecule has 2 N–H and O–H groups in total. The summed E-state index contributed by atoms with van der Waals surface area (Å²) in [5.41, 5.74) is -0.886. The van der Waals surface area contributed by atoms with Gasteiger partial charge in [-0.1, -0.05) is 59.6 Å². The highest BCUT2D eigenvalue weighted by atomic mass is 79.9. The summed E-state index contributed by atoms with van der Waals surface area (Å²) in [4.78, 5) is 42.9. The second kappa shape index (κ2) is 9.26. The predicted molar refractivity (Wildman–Crippen MR) is 130 cm³/mol. The molecule has 0 aliphatic carbocycles. The lowest BCUT2D eigenvalue weighted by Gasteiger charge is -2.40. The molecule has 2 amide bonds. The SMILES string of the molecule is C=CCN(C(=O)C1N([C@@H](CO)C(C)C)C(=O)[C@@H]2[C@H](C(=O)O)[C@H]3OC12CC3Br)c1ccccc1Cl. The van der Waals surface area contributed by atoms with Gasteiger partial charge in [-0.25, -0.2) is 0 Å². The first-order valence-corrected chi connectivity index (χ1v) is 12.5. The van der Waals surface area contributed by atoms with Crippen LogP contribution >= 0.6 is 27.5 Å². The van der Waals surface area contributed by atoms with E-state index in [4.69, 9.17) is 16.3 Å². The van der Waals surface area contributed by atoms with Crippen LogP contribution < -0.4 is 4.90 Å². The van der Waals surface area contributed by atoms with E-state index in [-0.39, 0.29) is 23.9 Å². The minimum atomic E-state index is -1.33. The normalized spacial score (nSPS) is 32.7. The zero-order valence-corrected chi connectivity index (χ0v) is 21.3. The maximum atomic E-state index is 14.3. The maximum Gasteiger partial charge on any atom is 0.310 e. The maximum absolute atomic E-state index is 14.3. The fourth-order valence-corrected chi connectivity index (χ4v) is 7.04. The molecule has 0 aromatic heterocycles. The fraction of sp³-hybridized carbons (Fsp3) is 0.542. The molecule has 3 fully saturated rings. The average Bonchev–Trinajstić information content (AvgIpc) is 3.36. The Morgan fingerprint density at radius 2 is 2.09 bits per heavy atom. The van der Waals surface area contributed by atoms with E-state index in [1.165, 1.54) is 9.80 Å². The van der Waals surface area contributed by atoms with Crippen molar-refractivity contribution in [3.05, 3.63) is 41.9 Å². The van der Waals surface area contributed by atoms with Gasteiger partial charge in [-0.3, -0.25) is 14.4 Å². The number of likely N-dealkylation sites (tertiary alicyclic amines) is 1. The number of carboxylic acids is 1. The van der Waals surface area contributed by atoms with Crippen molar-refractivity contribution in [3.8, 4) is 0 Å². The highest BCUT2D eigenvalue weighted by Gasteiger charge is 2.77. The first-order valence-electron chi connectivity index (χ1n) is 11.2. The summed E-state index contributed by atoms with van der Waals surface area (Å²) in [6, 6.07) is 5.04. The highest BCUT2D eigenvalue weighted by Crippen LogP contribution is 2.60. The van der Waals surface area contributed by atoms with Crippen molar-refractivity contribution in [3.63, 3.8) is 0 Å². The molecule has 0 radical (unpaired) electrons. The van der Waals surface area contributed by atoms with Crippen LogP contribution in [0.4, 0.5) is 5.69 Å². The van der Waals surface area contributed by atoms with Crippen LogP contribution in [-0.4, -0.2) is 74.7 Å². The van der Waals surface area contributed by atoms with Gasteiger partial charge in [0.1, 0.15) is 11.6 Å². The van der Waals surface area contributed by atoms with Crippen LogP contribution in [0.25, 0.3) is 0 Å². The zero-order valence-electron chi connectivity index (χ0n) is 18.9. The molecule has 1 aromatic rings. The number of halogens is 2. The average molecular weight is 556 g/mol. The van der Waals surface area contributed by atoms with Gasteiger partial charge in [0.25, 0.3) is 5.91 Å². The van der Waals surface area contributed by atoms with Gasteiger partial charge in [0, 0.05) is 11.4 Å². The molecule has 3 aliphatic rings. The first kappa shape index (κ1) is 25.2. The lowest BCUT2D eigenvalue weighted by Crippen LogP contribution is -2.60. The minimum Gasteiger partial charge on any atom is -0.481 e. The Labute approximate surface area is 211 Å². The Morgan fingerprint density at radius 3 is 2.65 bits per heavy atom. The zero-order chi connectivity index (χ0) is 24.9. The topological polar surface area (TPSA) is 107 Å². The Bertz CT molecular complexity index is 1020. The molecule has 4 rings (SSSR count). The summed E-state index contributed by atoms with van der Waals surface area (Å²) in [7, 11) is 0. The Kier molecular flexibility index (Phi) is 6.85. The molecule has 8 nitrogen and oxygen atoms in total. The van der Waals surface area contributed by atoms with E-state index >= 15 is 0 Å². The third-order valence-corrected chi connectivity index (χ3v) is 8.45. The van der Waals surface area contributed by atoms with Gasteiger partial charge in [-0.15, -0.1) is 6.58 Å². The van der Waals surface area contributed by atoms with E-state index in [0.717, 1.165) is 0 Å². The molecule has 184 valence electrons. The number of para-hydroxylation sites is 1. The van der Waals surface area contributed by atoms with Gasteiger partial charge in [-0.05, 0) is 24.5 Å². The van der Waals surface area contributed by atoms with Crippen LogP contribution in [0.3, 0.4) is 0 Å². The van der Waals surface area contributed by atoms with E-state index in [9.17, 15) is 24.6 Å². The molecule has 1 aromatic carbocycles. The van der Waals surface area contributed by atoms with E-state index in [2.05, 4.69) is 22.5 Å². The third-order valence-electron chi connectivity index (χ3n) is 7.28. The predicted octanol–water partition coefficient (Wildman–Crippen LogP) is 2.71. The van der Waals surface area contributed by atoms with Crippen LogP contribution in [0, 0.1) is 17.8 Å². The summed E-state index contributed by atoms with van der Waals surface area (Å²) >= 11 is 9.95. The van der Waals surface area contributed by atoms with Crippen molar-refractivity contribution in [1.82, 2.24) is 4.90 Å². The van der Waals surface area contributed by atoms with Crippen molar-refractivity contribution in [2.24, 2.45) is 17.8 Å². The second-order valence-electron chi connectivity index (χ2n) is 9.43. The summed E-state index contributed by atoms with van der Waals surface area (Å²) in [5, 5.41) is 20.6. The number of nitrogens with zero attached hydrogens (tertiary/aromatic N) is 2. The summed E-state index contributed by atoms with van der Waals surface area (Å²) < 4.78 is 6.30. The second-order valence-corrected chi connectivity index (χ2v) is 11.0. The number of amides is 2. The molecule has 7 atom stereocenters. The number of benzene rings is 1. The van der Waals surface area contributed by atoms with Gasteiger partial charge in [0.05, 0.1) is 41.3 Å². The number of carboxylic acid groups (broad SMARTS) is 1. The van der Waals surface area contributed by atoms with Crippen molar-refractivity contribution in [1.29, 1.82) is 0 Å². The van der Waals surface area contributed by atoms with E-state index in [1.807, 2.05) is 13.8 Å². The van der Waals surface area contributed by atoms with Gasteiger partial charge >= 0.3 is 5.97 Å². The number of rotatable bonds is 8. The van der Waals surface area contributed by atoms with Crippen LogP contribution in [0.1, 0.15) is 20.3 Å². The lowest BCUT2D eigenvalue weighted by atomic mass is 9.70. The Balaban J connectivity index is 1.88. The number of hydrogen-bond acceptors (Lipinski definition) is 5. The van der Waals surface area contributed by atoms with Crippen molar-refractivity contribution >= 4 is 51.0 Å². The van der Waals surface area contributed by atoms with E-state index in [0.29, 0.717) is 17.1 Å². The number of alkyl halides is 1. The largest absolute Gasteiger partial charge is 0.481 e. The lowest BCUT2D eigenvalue weighted by molar-refractivity contribution is -0.151. The molecular weight excluding hydrogens is 528 g/mol. The van der Waals surface area contributed by atoms with Crippen LogP contribution in [0.15, 0.2) is 36.9 Å². The molecule has 3 aliphatic heterocycles. The number of carbonyl (C=O) groups is 3. The molecule has 3 saturated heterocycles. The number of aliphatic hydroxyl groups excluding tert-OH is 1. The smallest absolute Gasteiger partial charge is 0.310 e. The number of aliphatic carboxylic acids is 1. The van der Waals surface area contributed by atoms with Gasteiger partial charge in [0.15, 0.2) is 0 Å². The van der Waals surface area contributed by atoms with Gasteiger partial charge in [-0.2, -0.15) is 0 Å². The summed E-state index contributed by atoms with van der Waals surface area (Å²) in [6.07, 6.45) is 1.12. The fourth-order valence-electron chi connectivity index (χ4n) is 5.86. The number of fused-ring (bicyclic) bond motifs is 1. The van der Waals surface area contributed by atoms with Crippen molar-refractivity contribution in [2.75, 3.05) is 18.1 Å². The molecule has 3 unspecified atom stereocenters. The third kappa shape index (κ3) is 3.59. The number of aliphatic hydroxyl groups is 1. The monoisotopic (exact) mass is 554 g/mol. The van der Waals surface area contributed by atoms with Crippen LogP contribution in [0.5, 0.6) is 0 Å². The van der Waals surface area contributed by atoms with Gasteiger partial charge < -0.3 is 24.7 Å². The Hall–Kier alpha value is -1.94. The van der Waals surface area contributed by atoms with Gasteiger partial charge in [0.2, 0.25) is 5.91 Å². The van der Waals surface area contributed by atoms with E-state index < -0.39 is 53.4 Å². The summed E-state index contributed by atoms with van der Waals surface area (Å²) in [5.74, 6) is -4.37. The highest BCUT2D eigenvalue weighted by molar-refractivity contribution is 9.09. The van der Waals surface area contributed by atoms with E-state index in [1.54, 1.807) is 30.3 Å². The molecule has 34 heavy (non-hydrogen) atoms.